The average Bonchev–Trinajstić information content (AvgIpc) is 3.07. The topological polar surface area (TPSA) is 35.5 Å². The van der Waals surface area contributed by atoms with Crippen molar-refractivity contribution < 1.29 is 13.6 Å². The molecule has 0 aromatic rings. The lowest BCUT2D eigenvalue weighted by atomic mass is 10.1. The third-order valence-electron chi connectivity index (χ3n) is 9.74. The number of rotatable bonds is 42. The lowest BCUT2D eigenvalue weighted by Gasteiger charge is -2.18. The Morgan fingerprint density at radius 1 is 0.319 bits per heavy atom. The van der Waals surface area contributed by atoms with Crippen molar-refractivity contribution in [2.75, 3.05) is 19.0 Å². The van der Waals surface area contributed by atoms with Crippen molar-refractivity contribution in [3.63, 3.8) is 0 Å². The Kier molecular flexibility index (Phi) is 41.4. The molecule has 3 nitrogen and oxygen atoms in total. The third-order valence-corrected chi connectivity index (χ3v) is 13.7. The predicted octanol–water partition coefficient (Wildman–Crippen LogP) is 17.0. The third kappa shape index (κ3) is 39.1. The van der Waals surface area contributed by atoms with Gasteiger partial charge < -0.3 is 9.05 Å². The summed E-state index contributed by atoms with van der Waals surface area (Å²) < 4.78 is 25.7. The Morgan fingerprint density at radius 3 is 0.787 bits per heavy atom. The molecule has 5 heteroatoms. The molecule has 0 saturated carbocycles. The molecular weight excluding hydrogens is 616 g/mol. The summed E-state index contributed by atoms with van der Waals surface area (Å²) in [6, 6.07) is 0. The van der Waals surface area contributed by atoms with E-state index in [4.69, 9.17) is 9.05 Å². The van der Waals surface area contributed by atoms with E-state index < -0.39 is 6.80 Å². The smallest absolute Gasteiger partial charge is 0.301 e. The molecule has 0 aromatic carbocycles. The number of hydrogen-bond donors (Lipinski definition) is 0. The van der Waals surface area contributed by atoms with Crippen molar-refractivity contribution in [2.45, 2.75) is 252 Å². The van der Waals surface area contributed by atoms with E-state index in [-0.39, 0.29) is 0 Å². The molecule has 0 saturated heterocycles. The Hall–Kier alpha value is 0.500. The van der Waals surface area contributed by atoms with Gasteiger partial charge in [-0.15, -0.1) is 0 Å². The summed E-state index contributed by atoms with van der Waals surface area (Å²) in [5, 5.41) is 0. The molecule has 0 fully saturated rings. The standard InChI is InChI=1S/C42H87O3PS/c1-4-7-10-13-16-19-22-25-28-31-34-37-40-44-46(43,45-41-38-35-32-29-26-23-20-17-14-11-8-5-2)47-42-39-36-33-30-27-24-21-18-15-12-9-6-3/h4-42H2,1-3H3. The summed E-state index contributed by atoms with van der Waals surface area (Å²) in [5.41, 5.74) is 0. The Bertz CT molecular complexity index is 536. The van der Waals surface area contributed by atoms with Gasteiger partial charge in [-0.2, -0.15) is 0 Å². The molecule has 0 rings (SSSR count). The Balaban J connectivity index is 4.08. The fourth-order valence-corrected chi connectivity index (χ4v) is 9.91. The number of hydrogen-bond acceptors (Lipinski definition) is 4. The number of unbranched alkanes of at least 4 members (excludes halogenated alkanes) is 33. The van der Waals surface area contributed by atoms with E-state index >= 15 is 0 Å². The van der Waals surface area contributed by atoms with Crippen LogP contribution in [-0.4, -0.2) is 19.0 Å². The van der Waals surface area contributed by atoms with E-state index in [1.165, 1.54) is 223 Å². The molecule has 0 heterocycles. The quantitative estimate of drug-likeness (QED) is 0.0468. The van der Waals surface area contributed by atoms with Gasteiger partial charge in [0.2, 0.25) is 0 Å². The molecular formula is C42H87O3PS. The highest BCUT2D eigenvalue weighted by Gasteiger charge is 2.25. The molecule has 0 bridgehead atoms. The van der Waals surface area contributed by atoms with E-state index in [0.717, 1.165) is 25.0 Å². The largest absolute Gasteiger partial charge is 0.389 e. The van der Waals surface area contributed by atoms with Crippen LogP contribution in [-0.2, 0) is 13.6 Å². The molecule has 0 radical (unpaired) electrons. The Morgan fingerprint density at radius 2 is 0.532 bits per heavy atom. The van der Waals surface area contributed by atoms with Crippen molar-refractivity contribution in [1.29, 1.82) is 0 Å². The highest BCUT2D eigenvalue weighted by molar-refractivity contribution is 8.55. The van der Waals surface area contributed by atoms with Crippen LogP contribution in [0.3, 0.4) is 0 Å². The zero-order valence-corrected chi connectivity index (χ0v) is 34.4. The Labute approximate surface area is 301 Å². The van der Waals surface area contributed by atoms with Crippen LogP contribution in [0.25, 0.3) is 0 Å². The lowest BCUT2D eigenvalue weighted by Crippen LogP contribution is -1.99. The van der Waals surface area contributed by atoms with Crippen LogP contribution in [0.2, 0.25) is 0 Å². The van der Waals surface area contributed by atoms with Gasteiger partial charge in [-0.3, -0.25) is 0 Å². The van der Waals surface area contributed by atoms with Gasteiger partial charge >= 0.3 is 6.80 Å². The minimum absolute atomic E-state index is 0.582. The zero-order valence-electron chi connectivity index (χ0n) is 32.7. The van der Waals surface area contributed by atoms with Gasteiger partial charge in [-0.05, 0) is 30.6 Å². The highest BCUT2D eigenvalue weighted by Crippen LogP contribution is 2.61. The van der Waals surface area contributed by atoms with Crippen LogP contribution in [0, 0.1) is 0 Å². The van der Waals surface area contributed by atoms with Crippen LogP contribution in [0.4, 0.5) is 0 Å². The normalized spacial score (nSPS) is 12.0. The van der Waals surface area contributed by atoms with Gasteiger partial charge in [0.05, 0.1) is 13.2 Å². The predicted molar refractivity (Wildman–Crippen MR) is 215 cm³/mol. The summed E-state index contributed by atoms with van der Waals surface area (Å²) >= 11 is 1.48. The van der Waals surface area contributed by atoms with Gasteiger partial charge in [0, 0.05) is 5.75 Å². The van der Waals surface area contributed by atoms with E-state index in [1.807, 2.05) is 0 Å². The van der Waals surface area contributed by atoms with Gasteiger partial charge in [-0.1, -0.05) is 233 Å². The maximum atomic E-state index is 13.6. The molecule has 47 heavy (non-hydrogen) atoms. The maximum absolute atomic E-state index is 13.6. The SMILES string of the molecule is CCCCCCCCCCCCCCOP(=O)(OCCCCCCCCCCCCCC)SCCCCCCCCCCCCCC. The molecule has 284 valence electrons. The van der Waals surface area contributed by atoms with Crippen molar-refractivity contribution in [1.82, 2.24) is 0 Å². The van der Waals surface area contributed by atoms with Crippen LogP contribution < -0.4 is 0 Å². The molecule has 0 spiro atoms. The van der Waals surface area contributed by atoms with Gasteiger partial charge in [0.1, 0.15) is 0 Å². The minimum Gasteiger partial charge on any atom is -0.301 e. The first-order chi connectivity index (χ1) is 23.2. The van der Waals surface area contributed by atoms with E-state index in [1.54, 1.807) is 0 Å². The van der Waals surface area contributed by atoms with Crippen LogP contribution in [0.1, 0.15) is 252 Å². The second kappa shape index (κ2) is 40.9. The molecule has 0 aromatic heterocycles. The fourth-order valence-electron chi connectivity index (χ4n) is 6.47. The highest BCUT2D eigenvalue weighted by atomic mass is 32.7. The molecule has 0 atom stereocenters. The summed E-state index contributed by atoms with van der Waals surface area (Å²) in [6.45, 7) is 4.98. The molecule has 0 aliphatic heterocycles. The van der Waals surface area contributed by atoms with Crippen LogP contribution in [0.5, 0.6) is 0 Å². The maximum Gasteiger partial charge on any atom is 0.389 e. The van der Waals surface area contributed by atoms with E-state index in [9.17, 15) is 4.57 Å². The van der Waals surface area contributed by atoms with Gasteiger partial charge in [0.15, 0.2) is 0 Å². The van der Waals surface area contributed by atoms with Crippen LogP contribution >= 0.6 is 18.2 Å². The lowest BCUT2D eigenvalue weighted by molar-refractivity contribution is 0.212. The second-order valence-electron chi connectivity index (χ2n) is 14.6. The minimum atomic E-state index is -3.05. The summed E-state index contributed by atoms with van der Waals surface area (Å²) in [4.78, 5) is 0. The monoisotopic (exact) mass is 703 g/mol. The summed E-state index contributed by atoms with van der Waals surface area (Å²) in [7, 11) is 0. The van der Waals surface area contributed by atoms with Crippen molar-refractivity contribution in [2.24, 2.45) is 0 Å². The van der Waals surface area contributed by atoms with Crippen molar-refractivity contribution in [3.05, 3.63) is 0 Å². The summed E-state index contributed by atoms with van der Waals surface area (Å²) in [5.74, 6) is 0.894. The van der Waals surface area contributed by atoms with Gasteiger partial charge in [-0.25, -0.2) is 4.57 Å². The van der Waals surface area contributed by atoms with Crippen molar-refractivity contribution in [3.8, 4) is 0 Å². The first-order valence-corrected chi connectivity index (χ1v) is 24.9. The fraction of sp³-hybridized carbons (Fsp3) is 1.00. The zero-order chi connectivity index (χ0) is 34.2. The summed E-state index contributed by atoms with van der Waals surface area (Å²) in [6.07, 6.45) is 48.1. The van der Waals surface area contributed by atoms with Gasteiger partial charge in [0.25, 0.3) is 0 Å². The van der Waals surface area contributed by atoms with Crippen molar-refractivity contribution >= 4 is 18.2 Å². The molecule has 0 N–H and O–H groups in total. The van der Waals surface area contributed by atoms with E-state index in [2.05, 4.69) is 20.8 Å². The molecule has 0 aliphatic carbocycles. The van der Waals surface area contributed by atoms with E-state index in [0.29, 0.717) is 13.2 Å². The first-order valence-electron chi connectivity index (χ1n) is 21.7. The second-order valence-corrected chi connectivity index (χ2v) is 18.8. The molecule has 0 amide bonds. The molecule has 0 unspecified atom stereocenters. The molecule has 0 aliphatic rings. The average molecular weight is 703 g/mol. The first kappa shape index (κ1) is 47.5. The van der Waals surface area contributed by atoms with Crippen LogP contribution in [0.15, 0.2) is 0 Å².